The summed E-state index contributed by atoms with van der Waals surface area (Å²) in [5.41, 5.74) is 4.72. The summed E-state index contributed by atoms with van der Waals surface area (Å²) in [5, 5.41) is 11.6. The molecule has 0 unspecified atom stereocenters. The van der Waals surface area contributed by atoms with Gasteiger partial charge in [-0.15, -0.1) is 11.8 Å². The molecule has 0 radical (unpaired) electrons. The van der Waals surface area contributed by atoms with Crippen LogP contribution in [0.4, 0.5) is 5.69 Å². The predicted molar refractivity (Wildman–Crippen MR) is 111 cm³/mol. The highest BCUT2D eigenvalue weighted by Crippen LogP contribution is 2.23. The van der Waals surface area contributed by atoms with Crippen molar-refractivity contribution in [1.82, 2.24) is 0 Å². The van der Waals surface area contributed by atoms with Crippen molar-refractivity contribution in [3.05, 3.63) is 95.1 Å². The molecule has 3 aromatic carbocycles. The van der Waals surface area contributed by atoms with Gasteiger partial charge in [-0.1, -0.05) is 42.0 Å². The molecular weight excluding hydrogens is 352 g/mol. The van der Waals surface area contributed by atoms with Crippen molar-refractivity contribution >= 4 is 23.4 Å². The maximum absolute atomic E-state index is 12.4. The number of benzene rings is 3. The normalized spacial score (nSPS) is 10.2. The van der Waals surface area contributed by atoms with Crippen LogP contribution in [0, 0.1) is 18.3 Å². The highest BCUT2D eigenvalue weighted by molar-refractivity contribution is 7.98. The Bertz CT molecular complexity index is 940. The molecule has 3 aromatic rings. The Morgan fingerprint density at radius 3 is 2.19 bits per heavy atom. The minimum atomic E-state index is -0.138. The molecule has 0 atom stereocenters. The van der Waals surface area contributed by atoms with Crippen molar-refractivity contribution in [3.63, 3.8) is 0 Å². The van der Waals surface area contributed by atoms with Gasteiger partial charge in [-0.25, -0.2) is 0 Å². The van der Waals surface area contributed by atoms with E-state index in [2.05, 4.69) is 42.6 Å². The van der Waals surface area contributed by atoms with E-state index in [0.29, 0.717) is 12.0 Å². The van der Waals surface area contributed by atoms with Crippen LogP contribution in [0.1, 0.15) is 27.0 Å². The van der Waals surface area contributed by atoms with Gasteiger partial charge in [0, 0.05) is 21.9 Å². The molecule has 134 valence electrons. The summed E-state index contributed by atoms with van der Waals surface area (Å²) in [6.07, 6.45) is 0.371. The molecule has 0 saturated carbocycles. The summed E-state index contributed by atoms with van der Waals surface area (Å²) in [4.78, 5) is 13.6. The molecule has 4 heteroatoms. The number of anilines is 1. The van der Waals surface area contributed by atoms with Crippen LogP contribution in [0.2, 0.25) is 0 Å². The molecule has 3 nitrogen and oxygen atoms in total. The molecule has 0 aliphatic carbocycles. The van der Waals surface area contributed by atoms with Crippen LogP contribution in [-0.4, -0.2) is 5.91 Å². The van der Waals surface area contributed by atoms with E-state index in [1.807, 2.05) is 48.5 Å². The Morgan fingerprint density at radius 2 is 1.56 bits per heavy atom. The summed E-state index contributed by atoms with van der Waals surface area (Å²) in [7, 11) is 0. The van der Waals surface area contributed by atoms with Crippen LogP contribution in [0.5, 0.6) is 0 Å². The lowest BCUT2D eigenvalue weighted by atomic mass is 10.1. The maximum Gasteiger partial charge on any atom is 0.255 e. The lowest BCUT2D eigenvalue weighted by Gasteiger charge is -2.07. The van der Waals surface area contributed by atoms with E-state index in [-0.39, 0.29) is 5.91 Å². The fourth-order valence-electron chi connectivity index (χ4n) is 2.55. The van der Waals surface area contributed by atoms with Gasteiger partial charge in [-0.05, 0) is 54.4 Å². The van der Waals surface area contributed by atoms with E-state index in [9.17, 15) is 4.79 Å². The van der Waals surface area contributed by atoms with Gasteiger partial charge in [0.2, 0.25) is 0 Å². The molecule has 0 saturated heterocycles. The highest BCUT2D eigenvalue weighted by Gasteiger charge is 2.06. The Morgan fingerprint density at radius 1 is 0.926 bits per heavy atom. The zero-order valence-corrected chi connectivity index (χ0v) is 15.9. The van der Waals surface area contributed by atoms with Gasteiger partial charge < -0.3 is 5.32 Å². The zero-order valence-electron chi connectivity index (χ0n) is 15.1. The van der Waals surface area contributed by atoms with Crippen LogP contribution in [0.25, 0.3) is 0 Å². The monoisotopic (exact) mass is 372 g/mol. The van der Waals surface area contributed by atoms with Crippen molar-refractivity contribution in [2.45, 2.75) is 24.0 Å². The molecule has 0 aromatic heterocycles. The second-order valence-electron chi connectivity index (χ2n) is 6.28. The van der Waals surface area contributed by atoms with E-state index in [1.54, 1.807) is 11.8 Å². The molecule has 3 rings (SSSR count). The molecule has 0 aliphatic heterocycles. The van der Waals surface area contributed by atoms with Crippen molar-refractivity contribution in [3.8, 4) is 6.07 Å². The summed E-state index contributed by atoms with van der Waals surface area (Å²) >= 11 is 1.78. The second-order valence-corrected chi connectivity index (χ2v) is 7.33. The van der Waals surface area contributed by atoms with E-state index in [0.717, 1.165) is 17.0 Å². The first-order valence-corrected chi connectivity index (χ1v) is 9.68. The average Bonchev–Trinajstić information content (AvgIpc) is 2.70. The first-order valence-electron chi connectivity index (χ1n) is 8.70. The number of carbonyl (C=O) groups is 1. The third kappa shape index (κ3) is 5.47. The van der Waals surface area contributed by atoms with Crippen molar-refractivity contribution in [2.24, 2.45) is 0 Å². The number of amides is 1. The lowest BCUT2D eigenvalue weighted by Crippen LogP contribution is -2.11. The first kappa shape index (κ1) is 18.8. The SMILES string of the molecule is Cc1ccc(SCc2ccc(C(=O)Nc3ccc(CC#N)cc3)cc2)cc1. The second kappa shape index (κ2) is 9.07. The van der Waals surface area contributed by atoms with Crippen LogP contribution < -0.4 is 5.32 Å². The topological polar surface area (TPSA) is 52.9 Å². The summed E-state index contributed by atoms with van der Waals surface area (Å²) < 4.78 is 0. The molecule has 1 amide bonds. The Labute approximate surface area is 164 Å². The number of hydrogen-bond acceptors (Lipinski definition) is 3. The quantitative estimate of drug-likeness (QED) is 0.573. The molecule has 0 heterocycles. The zero-order chi connectivity index (χ0) is 19.1. The molecule has 0 spiro atoms. The van der Waals surface area contributed by atoms with Gasteiger partial charge in [0.1, 0.15) is 0 Å². The molecule has 1 N–H and O–H groups in total. The van der Waals surface area contributed by atoms with Crippen LogP contribution in [0.3, 0.4) is 0 Å². The highest BCUT2D eigenvalue weighted by atomic mass is 32.2. The van der Waals surface area contributed by atoms with Crippen LogP contribution in [-0.2, 0) is 12.2 Å². The number of carbonyl (C=O) groups excluding carboxylic acids is 1. The van der Waals surface area contributed by atoms with Crippen LogP contribution >= 0.6 is 11.8 Å². The minimum Gasteiger partial charge on any atom is -0.322 e. The lowest BCUT2D eigenvalue weighted by molar-refractivity contribution is 0.102. The summed E-state index contributed by atoms with van der Waals surface area (Å²) in [6.45, 7) is 2.08. The van der Waals surface area contributed by atoms with Gasteiger partial charge in [0.25, 0.3) is 5.91 Å². The largest absolute Gasteiger partial charge is 0.322 e. The van der Waals surface area contributed by atoms with Crippen molar-refractivity contribution in [2.75, 3.05) is 5.32 Å². The standard InChI is InChI=1S/C23H20N2OS/c1-17-2-12-22(13-3-17)27-16-19-4-8-20(9-5-19)23(26)25-21-10-6-18(7-11-21)14-15-24/h2-13H,14,16H2,1H3,(H,25,26). The van der Waals surface area contributed by atoms with E-state index in [4.69, 9.17) is 5.26 Å². The van der Waals surface area contributed by atoms with Gasteiger partial charge >= 0.3 is 0 Å². The number of aryl methyl sites for hydroxylation is 1. The number of nitrogens with one attached hydrogen (secondary N) is 1. The first-order chi connectivity index (χ1) is 13.1. The number of thioether (sulfide) groups is 1. The van der Waals surface area contributed by atoms with Crippen molar-refractivity contribution in [1.29, 1.82) is 5.26 Å². The number of hydrogen-bond donors (Lipinski definition) is 1. The molecular formula is C23H20N2OS. The Hall–Kier alpha value is -3.03. The number of nitriles is 1. The molecule has 27 heavy (non-hydrogen) atoms. The van der Waals surface area contributed by atoms with Gasteiger partial charge in [-0.2, -0.15) is 5.26 Å². The molecule has 0 bridgehead atoms. The Kier molecular flexibility index (Phi) is 6.30. The van der Waals surface area contributed by atoms with Gasteiger partial charge in [0.15, 0.2) is 0 Å². The van der Waals surface area contributed by atoms with E-state index < -0.39 is 0 Å². The average molecular weight is 372 g/mol. The summed E-state index contributed by atoms with van der Waals surface area (Å²) in [5.74, 6) is 0.728. The minimum absolute atomic E-state index is 0.138. The predicted octanol–water partition coefficient (Wildman–Crippen LogP) is 5.61. The molecule has 0 aliphatic rings. The van der Waals surface area contributed by atoms with Gasteiger partial charge in [-0.3, -0.25) is 4.79 Å². The van der Waals surface area contributed by atoms with Gasteiger partial charge in [0.05, 0.1) is 12.5 Å². The third-order valence-electron chi connectivity index (χ3n) is 4.14. The third-order valence-corrected chi connectivity index (χ3v) is 5.22. The number of nitrogens with zero attached hydrogens (tertiary/aromatic N) is 1. The molecule has 0 fully saturated rings. The van der Waals surface area contributed by atoms with E-state index >= 15 is 0 Å². The van der Waals surface area contributed by atoms with Crippen LogP contribution in [0.15, 0.2) is 77.7 Å². The maximum atomic E-state index is 12.4. The van der Waals surface area contributed by atoms with E-state index in [1.165, 1.54) is 16.0 Å². The summed E-state index contributed by atoms with van der Waals surface area (Å²) in [6, 6.07) is 25.6. The van der Waals surface area contributed by atoms with Crippen molar-refractivity contribution < 1.29 is 4.79 Å². The fraction of sp³-hybridized carbons (Fsp3) is 0.130. The number of rotatable bonds is 6. The Balaban J connectivity index is 1.56. The fourth-order valence-corrected chi connectivity index (χ4v) is 3.41. The smallest absolute Gasteiger partial charge is 0.255 e.